The van der Waals surface area contributed by atoms with E-state index >= 15 is 0 Å². The zero-order chi connectivity index (χ0) is 21.0. The van der Waals surface area contributed by atoms with Crippen molar-refractivity contribution in [1.82, 2.24) is 15.2 Å². The van der Waals surface area contributed by atoms with Crippen LogP contribution in [0.25, 0.3) is 11.1 Å². The predicted molar refractivity (Wildman–Crippen MR) is 118 cm³/mol. The van der Waals surface area contributed by atoms with Crippen LogP contribution in [0.5, 0.6) is 0 Å². The van der Waals surface area contributed by atoms with Gasteiger partial charge in [-0.05, 0) is 56.2 Å². The lowest BCUT2D eigenvalue weighted by atomic mass is 9.72. The van der Waals surface area contributed by atoms with Gasteiger partial charge in [-0.25, -0.2) is 0 Å². The second kappa shape index (κ2) is 8.99. The van der Waals surface area contributed by atoms with E-state index in [1.807, 2.05) is 36.2 Å². The zero-order valence-electron chi connectivity index (χ0n) is 17.8. The van der Waals surface area contributed by atoms with Gasteiger partial charge in [0.2, 0.25) is 11.8 Å². The van der Waals surface area contributed by atoms with E-state index in [2.05, 4.69) is 28.5 Å². The van der Waals surface area contributed by atoms with Crippen molar-refractivity contribution in [3.8, 4) is 11.1 Å². The average Bonchev–Trinajstić information content (AvgIpc) is 2.74. The molecule has 2 heterocycles. The lowest BCUT2D eigenvalue weighted by molar-refractivity contribution is -0.146. The van der Waals surface area contributed by atoms with E-state index < -0.39 is 5.41 Å². The molecule has 1 unspecified atom stereocenters. The second-order valence-corrected chi connectivity index (χ2v) is 8.71. The smallest absolute Gasteiger partial charge is 0.228 e. The van der Waals surface area contributed by atoms with Crippen LogP contribution in [0.3, 0.4) is 0 Å². The Labute approximate surface area is 178 Å². The topological polar surface area (TPSA) is 62.3 Å². The molecule has 30 heavy (non-hydrogen) atoms. The molecule has 0 spiro atoms. The third-order valence-electron chi connectivity index (χ3n) is 6.68. The fourth-order valence-electron chi connectivity index (χ4n) is 4.83. The van der Waals surface area contributed by atoms with Gasteiger partial charge in [-0.1, -0.05) is 36.8 Å². The minimum atomic E-state index is -0.591. The van der Waals surface area contributed by atoms with Gasteiger partial charge in [0.25, 0.3) is 0 Å². The molecule has 1 saturated carbocycles. The minimum absolute atomic E-state index is 0.0668. The highest BCUT2D eigenvalue weighted by atomic mass is 16.2. The first-order valence-corrected chi connectivity index (χ1v) is 11.2. The van der Waals surface area contributed by atoms with Crippen molar-refractivity contribution in [2.24, 2.45) is 11.3 Å². The highest BCUT2D eigenvalue weighted by molar-refractivity contribution is 5.86. The number of amides is 2. The van der Waals surface area contributed by atoms with Crippen molar-refractivity contribution in [2.75, 3.05) is 19.6 Å². The van der Waals surface area contributed by atoms with Crippen LogP contribution in [0, 0.1) is 11.3 Å². The summed E-state index contributed by atoms with van der Waals surface area (Å²) in [5, 5.41) is 3.06. The Morgan fingerprint density at radius 2 is 2.00 bits per heavy atom. The molecular weight excluding hydrogens is 374 g/mol. The van der Waals surface area contributed by atoms with Crippen molar-refractivity contribution in [3.05, 3.63) is 54.4 Å². The third kappa shape index (κ3) is 4.11. The minimum Gasteiger partial charge on any atom is -0.356 e. The van der Waals surface area contributed by atoms with Crippen LogP contribution in [0.1, 0.15) is 44.6 Å². The fourth-order valence-corrected chi connectivity index (χ4v) is 4.83. The summed E-state index contributed by atoms with van der Waals surface area (Å²) >= 11 is 0. The molecule has 1 N–H and O–H groups in total. The third-order valence-corrected chi connectivity index (χ3v) is 6.68. The Balaban J connectivity index is 1.65. The van der Waals surface area contributed by atoms with Gasteiger partial charge in [-0.15, -0.1) is 0 Å². The molecule has 2 aromatic rings. The maximum Gasteiger partial charge on any atom is 0.228 e. The van der Waals surface area contributed by atoms with Crippen molar-refractivity contribution >= 4 is 11.8 Å². The number of piperidine rings is 1. The molecule has 1 saturated heterocycles. The van der Waals surface area contributed by atoms with Gasteiger partial charge in [0.15, 0.2) is 0 Å². The number of carbonyl (C=O) groups is 2. The number of nitrogens with one attached hydrogen (secondary N) is 1. The van der Waals surface area contributed by atoms with Crippen LogP contribution in [0.4, 0.5) is 0 Å². The first-order chi connectivity index (χ1) is 14.6. The van der Waals surface area contributed by atoms with Crippen molar-refractivity contribution < 1.29 is 9.59 Å². The van der Waals surface area contributed by atoms with Crippen LogP contribution in [-0.2, 0) is 16.0 Å². The molecule has 0 bridgehead atoms. The Bertz CT molecular complexity index is 894. The van der Waals surface area contributed by atoms with Crippen molar-refractivity contribution in [1.29, 1.82) is 0 Å². The maximum absolute atomic E-state index is 13.3. The van der Waals surface area contributed by atoms with Gasteiger partial charge in [-0.3, -0.25) is 14.6 Å². The van der Waals surface area contributed by atoms with E-state index in [9.17, 15) is 9.59 Å². The number of hydrogen-bond donors (Lipinski definition) is 1. The molecule has 5 heteroatoms. The summed E-state index contributed by atoms with van der Waals surface area (Å²) < 4.78 is 0. The van der Waals surface area contributed by atoms with E-state index in [1.54, 1.807) is 6.20 Å². The van der Waals surface area contributed by atoms with Crippen LogP contribution in [-0.4, -0.2) is 41.3 Å². The van der Waals surface area contributed by atoms with Gasteiger partial charge in [0.05, 0.1) is 5.41 Å². The van der Waals surface area contributed by atoms with Crippen LogP contribution in [0.2, 0.25) is 0 Å². The normalized spacial score (nSPS) is 21.7. The molecule has 1 aromatic heterocycles. The summed E-state index contributed by atoms with van der Waals surface area (Å²) in [6.45, 7) is 3.83. The van der Waals surface area contributed by atoms with E-state index in [0.29, 0.717) is 19.5 Å². The van der Waals surface area contributed by atoms with Crippen LogP contribution < -0.4 is 5.32 Å². The van der Waals surface area contributed by atoms with Crippen LogP contribution >= 0.6 is 0 Å². The lowest BCUT2D eigenvalue weighted by Crippen LogP contribution is -2.55. The quantitative estimate of drug-likeness (QED) is 0.794. The fraction of sp³-hybridized carbons (Fsp3) is 0.480. The Hall–Kier alpha value is -2.69. The number of rotatable bonds is 6. The number of nitrogens with zero attached hydrogens (tertiary/aromatic N) is 2. The molecule has 1 aliphatic carbocycles. The van der Waals surface area contributed by atoms with Gasteiger partial charge in [0.1, 0.15) is 0 Å². The summed E-state index contributed by atoms with van der Waals surface area (Å²) in [5.74, 6) is 0.477. The molecule has 2 fully saturated rings. The molecule has 2 amide bonds. The molecule has 2 aliphatic rings. The Morgan fingerprint density at radius 3 is 2.70 bits per heavy atom. The molecule has 1 aromatic carbocycles. The van der Waals surface area contributed by atoms with Gasteiger partial charge < -0.3 is 10.2 Å². The standard InChI is InChI=1S/C25H31N3O2/c1-2-27-24(30)25(13-7-15-28(18-25)23(29)19-9-5-10-19)16-20-8-3-4-12-22(20)21-11-6-14-26-17-21/h3-4,6,8,11-12,14,17,19H,2,5,7,9-10,13,15-16,18H2,1H3,(H,27,30). The summed E-state index contributed by atoms with van der Waals surface area (Å²) in [6.07, 6.45) is 9.06. The van der Waals surface area contributed by atoms with Gasteiger partial charge >= 0.3 is 0 Å². The maximum atomic E-state index is 13.3. The Morgan fingerprint density at radius 1 is 1.17 bits per heavy atom. The number of likely N-dealkylation sites (tertiary alicyclic amines) is 1. The highest BCUT2D eigenvalue weighted by Gasteiger charge is 2.45. The summed E-state index contributed by atoms with van der Waals surface area (Å²) in [5.41, 5.74) is 2.70. The molecule has 0 radical (unpaired) electrons. The van der Waals surface area contributed by atoms with E-state index in [1.165, 1.54) is 0 Å². The number of carbonyl (C=O) groups excluding carboxylic acids is 2. The molecule has 5 nitrogen and oxygen atoms in total. The average molecular weight is 406 g/mol. The number of hydrogen-bond acceptors (Lipinski definition) is 3. The summed E-state index contributed by atoms with van der Waals surface area (Å²) in [7, 11) is 0. The van der Waals surface area contributed by atoms with E-state index in [-0.39, 0.29) is 17.7 Å². The molecule has 1 atom stereocenters. The molecular formula is C25H31N3O2. The molecule has 1 aliphatic heterocycles. The Kier molecular flexibility index (Phi) is 6.16. The number of pyridine rings is 1. The zero-order valence-corrected chi connectivity index (χ0v) is 17.8. The lowest BCUT2D eigenvalue weighted by Gasteiger charge is -2.44. The first kappa shape index (κ1) is 20.6. The van der Waals surface area contributed by atoms with Crippen molar-refractivity contribution in [3.63, 3.8) is 0 Å². The van der Waals surface area contributed by atoms with Crippen LogP contribution in [0.15, 0.2) is 48.8 Å². The van der Waals surface area contributed by atoms with Gasteiger partial charge in [-0.2, -0.15) is 0 Å². The number of aromatic nitrogens is 1. The highest BCUT2D eigenvalue weighted by Crippen LogP contribution is 2.39. The largest absolute Gasteiger partial charge is 0.356 e. The number of benzene rings is 1. The van der Waals surface area contributed by atoms with E-state index in [0.717, 1.165) is 55.3 Å². The SMILES string of the molecule is CCNC(=O)C1(Cc2ccccc2-c2cccnc2)CCCN(C(=O)C2CCC2)C1. The first-order valence-electron chi connectivity index (χ1n) is 11.2. The monoisotopic (exact) mass is 405 g/mol. The molecule has 158 valence electrons. The summed E-state index contributed by atoms with van der Waals surface area (Å²) in [4.78, 5) is 32.5. The summed E-state index contributed by atoms with van der Waals surface area (Å²) in [6, 6.07) is 12.2. The van der Waals surface area contributed by atoms with E-state index in [4.69, 9.17) is 0 Å². The van der Waals surface area contributed by atoms with Gasteiger partial charge in [0, 0.05) is 43.5 Å². The van der Waals surface area contributed by atoms with Crippen molar-refractivity contribution in [2.45, 2.75) is 45.4 Å². The second-order valence-electron chi connectivity index (χ2n) is 8.71. The predicted octanol–water partition coefficient (Wildman–Crippen LogP) is 3.84. The molecule has 4 rings (SSSR count).